The van der Waals surface area contributed by atoms with Gasteiger partial charge in [0.2, 0.25) is 5.91 Å². The first-order valence-electron chi connectivity index (χ1n) is 7.81. The second kappa shape index (κ2) is 8.90. The van der Waals surface area contributed by atoms with E-state index in [2.05, 4.69) is 12.2 Å². The number of amides is 2. The third-order valence-corrected chi connectivity index (χ3v) is 2.92. The molecule has 0 spiro atoms. The summed E-state index contributed by atoms with van der Waals surface area (Å²) in [5.41, 5.74) is -0.566. The van der Waals surface area contributed by atoms with E-state index in [1.807, 2.05) is 13.8 Å². The van der Waals surface area contributed by atoms with Crippen molar-refractivity contribution in [2.45, 2.75) is 72.4 Å². The van der Waals surface area contributed by atoms with Gasteiger partial charge in [-0.1, -0.05) is 27.2 Å². The maximum Gasteiger partial charge on any atom is 0.408 e. The highest BCUT2D eigenvalue weighted by Gasteiger charge is 2.27. The van der Waals surface area contributed by atoms with E-state index in [1.165, 1.54) is 0 Å². The van der Waals surface area contributed by atoms with Crippen LogP contribution in [0.4, 0.5) is 4.79 Å². The number of nitrogens with zero attached hydrogens (tertiary/aromatic N) is 1. The molecule has 0 bridgehead atoms. The van der Waals surface area contributed by atoms with Gasteiger partial charge in [-0.15, -0.1) is 0 Å². The molecule has 0 aliphatic rings. The second-order valence-corrected chi connectivity index (χ2v) is 6.94. The Bertz CT molecular complexity index is 335. The van der Waals surface area contributed by atoms with Crippen LogP contribution in [0.3, 0.4) is 0 Å². The van der Waals surface area contributed by atoms with Crippen molar-refractivity contribution in [3.05, 3.63) is 0 Å². The van der Waals surface area contributed by atoms with E-state index >= 15 is 0 Å². The van der Waals surface area contributed by atoms with Crippen molar-refractivity contribution in [1.29, 1.82) is 0 Å². The molecular formula is C16H32N2O3. The predicted molar refractivity (Wildman–Crippen MR) is 85.2 cm³/mol. The monoisotopic (exact) mass is 300 g/mol. The lowest BCUT2D eigenvalue weighted by molar-refractivity contribution is -0.132. The van der Waals surface area contributed by atoms with Gasteiger partial charge in [0.15, 0.2) is 0 Å². The molecule has 1 unspecified atom stereocenters. The third-order valence-electron chi connectivity index (χ3n) is 2.92. The summed E-state index contributed by atoms with van der Waals surface area (Å²) in [4.78, 5) is 26.0. The fraction of sp³-hybridized carbons (Fsp3) is 0.875. The Morgan fingerprint density at radius 3 is 2.24 bits per heavy atom. The Hall–Kier alpha value is -1.26. The lowest BCUT2D eigenvalue weighted by Crippen LogP contribution is -2.49. The van der Waals surface area contributed by atoms with Crippen molar-refractivity contribution >= 4 is 12.0 Å². The largest absolute Gasteiger partial charge is 0.444 e. The van der Waals surface area contributed by atoms with Gasteiger partial charge in [0.05, 0.1) is 0 Å². The number of nitrogens with one attached hydrogen (secondary N) is 1. The number of ether oxygens (including phenoxy) is 1. The number of carbonyl (C=O) groups excluding carboxylic acids is 2. The summed E-state index contributed by atoms with van der Waals surface area (Å²) in [6.07, 6.45) is 2.06. The van der Waals surface area contributed by atoms with Crippen molar-refractivity contribution in [3.8, 4) is 0 Å². The Balaban J connectivity index is 4.71. The molecule has 0 aromatic carbocycles. The van der Waals surface area contributed by atoms with Crippen LogP contribution in [-0.2, 0) is 9.53 Å². The van der Waals surface area contributed by atoms with Crippen molar-refractivity contribution in [1.82, 2.24) is 10.2 Å². The quantitative estimate of drug-likeness (QED) is 0.785. The Morgan fingerprint density at radius 2 is 1.81 bits per heavy atom. The molecule has 0 saturated heterocycles. The van der Waals surface area contributed by atoms with Crippen molar-refractivity contribution in [2.75, 3.05) is 13.6 Å². The van der Waals surface area contributed by atoms with Crippen LogP contribution in [0.1, 0.15) is 60.8 Å². The van der Waals surface area contributed by atoms with Gasteiger partial charge in [-0.3, -0.25) is 4.79 Å². The summed E-state index contributed by atoms with van der Waals surface area (Å²) in [7, 11) is 1.78. The number of likely N-dealkylation sites (N-methyl/N-ethyl adjacent to an activating group) is 1. The number of hydrogen-bond donors (Lipinski definition) is 1. The summed E-state index contributed by atoms with van der Waals surface area (Å²) in [6.45, 7) is 12.3. The van der Waals surface area contributed by atoms with Crippen LogP contribution >= 0.6 is 0 Å². The van der Waals surface area contributed by atoms with Crippen molar-refractivity contribution < 1.29 is 14.3 Å². The number of hydrogen-bond acceptors (Lipinski definition) is 3. The summed E-state index contributed by atoms with van der Waals surface area (Å²) >= 11 is 0. The van der Waals surface area contributed by atoms with Crippen LogP contribution < -0.4 is 5.32 Å². The van der Waals surface area contributed by atoms with Crippen LogP contribution in [0.2, 0.25) is 0 Å². The first-order valence-corrected chi connectivity index (χ1v) is 7.81. The van der Waals surface area contributed by atoms with E-state index in [9.17, 15) is 9.59 Å². The van der Waals surface area contributed by atoms with Crippen LogP contribution in [-0.4, -0.2) is 42.1 Å². The lowest BCUT2D eigenvalue weighted by atomic mass is 10.0. The van der Waals surface area contributed by atoms with E-state index in [1.54, 1.807) is 32.7 Å². The van der Waals surface area contributed by atoms with E-state index in [0.29, 0.717) is 18.9 Å². The molecule has 0 saturated carbocycles. The van der Waals surface area contributed by atoms with E-state index in [-0.39, 0.29) is 5.91 Å². The minimum atomic E-state index is -0.566. The third kappa shape index (κ3) is 9.32. The molecule has 5 nitrogen and oxygen atoms in total. The van der Waals surface area contributed by atoms with Crippen molar-refractivity contribution in [2.24, 2.45) is 5.92 Å². The first-order chi connectivity index (χ1) is 9.56. The minimum Gasteiger partial charge on any atom is -0.444 e. The zero-order chi connectivity index (χ0) is 16.6. The molecular weight excluding hydrogens is 268 g/mol. The molecule has 0 fully saturated rings. The number of carbonyl (C=O) groups is 2. The molecule has 0 aromatic heterocycles. The zero-order valence-corrected chi connectivity index (χ0v) is 14.7. The summed E-state index contributed by atoms with van der Waals surface area (Å²) in [5.74, 6) is 0.261. The maximum atomic E-state index is 12.4. The Morgan fingerprint density at radius 1 is 1.24 bits per heavy atom. The first kappa shape index (κ1) is 19.7. The van der Waals surface area contributed by atoms with Crippen LogP contribution in [0.5, 0.6) is 0 Å². The predicted octanol–water partition coefficient (Wildman–Crippen LogP) is 3.18. The van der Waals surface area contributed by atoms with Gasteiger partial charge < -0.3 is 15.0 Å². The second-order valence-electron chi connectivity index (χ2n) is 6.94. The molecule has 2 amide bonds. The molecule has 5 heteroatoms. The van der Waals surface area contributed by atoms with E-state index in [0.717, 1.165) is 12.8 Å². The topological polar surface area (TPSA) is 58.6 Å². The van der Waals surface area contributed by atoms with Gasteiger partial charge in [-0.25, -0.2) is 4.79 Å². The van der Waals surface area contributed by atoms with Gasteiger partial charge in [0, 0.05) is 13.6 Å². The van der Waals surface area contributed by atoms with Gasteiger partial charge >= 0.3 is 6.09 Å². The van der Waals surface area contributed by atoms with Gasteiger partial charge in [-0.05, 0) is 39.5 Å². The number of alkyl carbamates (subject to hydrolysis) is 1. The highest BCUT2D eigenvalue weighted by Crippen LogP contribution is 2.11. The van der Waals surface area contributed by atoms with Crippen molar-refractivity contribution in [3.63, 3.8) is 0 Å². The maximum absolute atomic E-state index is 12.4. The molecule has 124 valence electrons. The smallest absolute Gasteiger partial charge is 0.408 e. The number of rotatable bonds is 7. The molecule has 1 N–H and O–H groups in total. The van der Waals surface area contributed by atoms with Crippen LogP contribution in [0.15, 0.2) is 0 Å². The van der Waals surface area contributed by atoms with Crippen LogP contribution in [0.25, 0.3) is 0 Å². The summed E-state index contributed by atoms with van der Waals surface area (Å²) in [6, 6.07) is -0.526. The SMILES string of the molecule is CCCCN(C)C(=O)C(CC(C)C)NC(=O)OC(C)(C)C. The average molecular weight is 300 g/mol. The Kier molecular flexibility index (Phi) is 8.37. The van der Waals surface area contributed by atoms with E-state index < -0.39 is 17.7 Å². The summed E-state index contributed by atoms with van der Waals surface area (Å²) < 4.78 is 5.24. The highest BCUT2D eigenvalue weighted by molar-refractivity contribution is 5.85. The number of unbranched alkanes of at least 4 members (excludes halogenated alkanes) is 1. The molecule has 0 rings (SSSR count). The highest BCUT2D eigenvalue weighted by atomic mass is 16.6. The summed E-state index contributed by atoms with van der Waals surface area (Å²) in [5, 5.41) is 2.71. The average Bonchev–Trinajstić information content (AvgIpc) is 2.31. The molecule has 21 heavy (non-hydrogen) atoms. The molecule has 1 atom stereocenters. The lowest BCUT2D eigenvalue weighted by Gasteiger charge is -2.27. The fourth-order valence-electron chi connectivity index (χ4n) is 1.91. The molecule has 0 heterocycles. The molecule has 0 radical (unpaired) electrons. The standard InChI is InChI=1S/C16H32N2O3/c1-8-9-10-18(7)14(19)13(11-12(2)3)17-15(20)21-16(4,5)6/h12-13H,8-11H2,1-7H3,(H,17,20). The molecule has 0 aromatic rings. The minimum absolute atomic E-state index is 0.0528. The van der Waals surface area contributed by atoms with Gasteiger partial charge in [-0.2, -0.15) is 0 Å². The normalized spacial score (nSPS) is 13.0. The molecule has 0 aliphatic carbocycles. The van der Waals surface area contributed by atoms with E-state index in [4.69, 9.17) is 4.74 Å². The van der Waals surface area contributed by atoms with Gasteiger partial charge in [0.25, 0.3) is 0 Å². The Labute approximate surface area is 129 Å². The van der Waals surface area contributed by atoms with Gasteiger partial charge in [0.1, 0.15) is 11.6 Å². The molecule has 0 aliphatic heterocycles. The zero-order valence-electron chi connectivity index (χ0n) is 14.7. The fourth-order valence-corrected chi connectivity index (χ4v) is 1.91. The van der Waals surface area contributed by atoms with Crippen LogP contribution in [0, 0.1) is 5.92 Å².